The van der Waals surface area contributed by atoms with Crippen LogP contribution in [-0.4, -0.2) is 24.9 Å². The fourth-order valence-corrected chi connectivity index (χ4v) is 2.76. The predicted molar refractivity (Wildman–Crippen MR) is 94.6 cm³/mol. The minimum absolute atomic E-state index is 0.176. The van der Waals surface area contributed by atoms with E-state index in [0.29, 0.717) is 5.75 Å². The molecule has 0 aliphatic heterocycles. The molecule has 0 radical (unpaired) electrons. The number of nitrogens with one attached hydrogen (secondary N) is 1. The standard InChI is InChI=1S/C18H21NO3S/c1-4-23-17-8-6-5-7-16(17)19-18(20)13(2)22-15-11-9-14(21-3)10-12-15/h5-13H,4H2,1-3H3,(H,19,20)/t13-/m1/s1. The highest BCUT2D eigenvalue weighted by molar-refractivity contribution is 7.99. The van der Waals surface area contributed by atoms with Crippen LogP contribution in [0.5, 0.6) is 11.5 Å². The van der Waals surface area contributed by atoms with Crippen LogP contribution in [0.25, 0.3) is 0 Å². The van der Waals surface area contributed by atoms with E-state index in [1.807, 2.05) is 24.3 Å². The van der Waals surface area contributed by atoms with Gasteiger partial charge in [0.05, 0.1) is 12.8 Å². The van der Waals surface area contributed by atoms with Crippen molar-refractivity contribution in [3.8, 4) is 11.5 Å². The number of rotatable bonds is 7. The summed E-state index contributed by atoms with van der Waals surface area (Å²) in [6, 6.07) is 14.9. The number of ether oxygens (including phenoxy) is 2. The third kappa shape index (κ3) is 4.93. The first kappa shape index (κ1) is 17.2. The van der Waals surface area contributed by atoms with Crippen LogP contribution in [0.1, 0.15) is 13.8 Å². The molecule has 122 valence electrons. The predicted octanol–water partition coefficient (Wildman–Crippen LogP) is 4.21. The van der Waals surface area contributed by atoms with E-state index in [1.165, 1.54) is 0 Å². The first-order valence-corrected chi connectivity index (χ1v) is 8.46. The summed E-state index contributed by atoms with van der Waals surface area (Å²) in [5.74, 6) is 2.15. The van der Waals surface area contributed by atoms with Crippen molar-refractivity contribution in [3.05, 3.63) is 48.5 Å². The fraction of sp³-hybridized carbons (Fsp3) is 0.278. The topological polar surface area (TPSA) is 47.6 Å². The molecular formula is C18H21NO3S. The van der Waals surface area contributed by atoms with E-state index in [9.17, 15) is 4.79 Å². The van der Waals surface area contributed by atoms with E-state index in [1.54, 1.807) is 50.1 Å². The van der Waals surface area contributed by atoms with Gasteiger partial charge in [0.2, 0.25) is 0 Å². The second-order valence-electron chi connectivity index (χ2n) is 4.85. The Balaban J connectivity index is 1.99. The lowest BCUT2D eigenvalue weighted by Gasteiger charge is -2.16. The fourth-order valence-electron chi connectivity index (χ4n) is 2.00. The van der Waals surface area contributed by atoms with E-state index >= 15 is 0 Å². The van der Waals surface area contributed by atoms with Crippen LogP contribution in [0, 0.1) is 0 Å². The maximum Gasteiger partial charge on any atom is 0.265 e. The maximum absolute atomic E-state index is 12.3. The number of carbonyl (C=O) groups excluding carboxylic acids is 1. The molecule has 23 heavy (non-hydrogen) atoms. The Morgan fingerprint density at radius 3 is 2.43 bits per heavy atom. The molecule has 0 spiro atoms. The van der Waals surface area contributed by atoms with Crippen LogP contribution in [0.2, 0.25) is 0 Å². The van der Waals surface area contributed by atoms with Crippen molar-refractivity contribution in [3.63, 3.8) is 0 Å². The molecule has 2 rings (SSSR count). The average Bonchev–Trinajstić information content (AvgIpc) is 2.57. The summed E-state index contributed by atoms with van der Waals surface area (Å²) >= 11 is 1.69. The number of benzene rings is 2. The van der Waals surface area contributed by atoms with Crippen LogP contribution in [-0.2, 0) is 4.79 Å². The van der Waals surface area contributed by atoms with Gasteiger partial charge in [-0.25, -0.2) is 0 Å². The molecule has 0 fully saturated rings. The normalized spacial score (nSPS) is 11.6. The van der Waals surface area contributed by atoms with Crippen molar-refractivity contribution in [1.29, 1.82) is 0 Å². The van der Waals surface area contributed by atoms with E-state index in [0.717, 1.165) is 22.1 Å². The van der Waals surface area contributed by atoms with Gasteiger partial charge in [-0.3, -0.25) is 4.79 Å². The largest absolute Gasteiger partial charge is 0.497 e. The number of anilines is 1. The molecule has 2 aromatic carbocycles. The number of carbonyl (C=O) groups is 1. The highest BCUT2D eigenvalue weighted by Gasteiger charge is 2.16. The Morgan fingerprint density at radius 1 is 1.13 bits per heavy atom. The first-order valence-electron chi connectivity index (χ1n) is 7.47. The summed E-state index contributed by atoms with van der Waals surface area (Å²) in [5.41, 5.74) is 0.814. The number of amides is 1. The third-order valence-corrected chi connectivity index (χ3v) is 4.14. The Hall–Kier alpha value is -2.14. The van der Waals surface area contributed by atoms with Crippen molar-refractivity contribution in [1.82, 2.24) is 0 Å². The first-order chi connectivity index (χ1) is 11.1. The van der Waals surface area contributed by atoms with E-state index in [2.05, 4.69) is 12.2 Å². The molecule has 0 aliphatic carbocycles. The quantitative estimate of drug-likeness (QED) is 0.772. The zero-order valence-corrected chi connectivity index (χ0v) is 14.4. The summed E-state index contributed by atoms with van der Waals surface area (Å²) < 4.78 is 10.8. The molecule has 0 bridgehead atoms. The Labute approximate surface area is 141 Å². The Bertz CT molecular complexity index is 643. The molecular weight excluding hydrogens is 310 g/mol. The van der Waals surface area contributed by atoms with Gasteiger partial charge >= 0.3 is 0 Å². The van der Waals surface area contributed by atoms with Crippen LogP contribution < -0.4 is 14.8 Å². The Kier molecular flexibility index (Phi) is 6.35. The lowest BCUT2D eigenvalue weighted by atomic mass is 10.3. The molecule has 1 atom stereocenters. The second kappa shape index (κ2) is 8.48. The minimum Gasteiger partial charge on any atom is -0.497 e. The third-order valence-electron chi connectivity index (χ3n) is 3.19. The van der Waals surface area contributed by atoms with E-state index in [-0.39, 0.29) is 5.91 Å². The van der Waals surface area contributed by atoms with Gasteiger partial charge in [0.15, 0.2) is 6.10 Å². The van der Waals surface area contributed by atoms with E-state index in [4.69, 9.17) is 9.47 Å². The summed E-state index contributed by atoms with van der Waals surface area (Å²) in [6.45, 7) is 3.81. The number of hydrogen-bond acceptors (Lipinski definition) is 4. The van der Waals surface area contributed by atoms with Gasteiger partial charge in [-0.2, -0.15) is 0 Å². The van der Waals surface area contributed by atoms with Crippen LogP contribution in [0.15, 0.2) is 53.4 Å². The summed E-state index contributed by atoms with van der Waals surface area (Å²) in [7, 11) is 1.61. The number of hydrogen-bond donors (Lipinski definition) is 1. The smallest absolute Gasteiger partial charge is 0.265 e. The van der Waals surface area contributed by atoms with Crippen LogP contribution in [0.4, 0.5) is 5.69 Å². The summed E-state index contributed by atoms with van der Waals surface area (Å²) in [4.78, 5) is 13.4. The summed E-state index contributed by atoms with van der Waals surface area (Å²) in [6.07, 6.45) is -0.594. The van der Waals surface area contributed by atoms with Crippen molar-refractivity contribution in [2.45, 2.75) is 24.8 Å². The highest BCUT2D eigenvalue weighted by atomic mass is 32.2. The molecule has 2 aromatic rings. The second-order valence-corrected chi connectivity index (χ2v) is 6.16. The number of thioether (sulfide) groups is 1. The van der Waals surface area contributed by atoms with Gasteiger partial charge in [0.1, 0.15) is 11.5 Å². The maximum atomic E-state index is 12.3. The van der Waals surface area contributed by atoms with Gasteiger partial charge < -0.3 is 14.8 Å². The Morgan fingerprint density at radius 2 is 1.78 bits per heavy atom. The van der Waals surface area contributed by atoms with Crippen molar-refractivity contribution in [2.24, 2.45) is 0 Å². The number of para-hydroxylation sites is 1. The molecule has 4 nitrogen and oxygen atoms in total. The zero-order chi connectivity index (χ0) is 16.7. The van der Waals surface area contributed by atoms with Crippen molar-refractivity contribution in [2.75, 3.05) is 18.2 Å². The molecule has 0 saturated heterocycles. The van der Waals surface area contributed by atoms with E-state index < -0.39 is 6.10 Å². The van der Waals surface area contributed by atoms with Gasteiger partial charge in [0.25, 0.3) is 5.91 Å². The highest BCUT2D eigenvalue weighted by Crippen LogP contribution is 2.27. The lowest BCUT2D eigenvalue weighted by Crippen LogP contribution is -2.30. The van der Waals surface area contributed by atoms with Crippen LogP contribution >= 0.6 is 11.8 Å². The lowest BCUT2D eigenvalue weighted by molar-refractivity contribution is -0.122. The molecule has 0 aromatic heterocycles. The average molecular weight is 331 g/mol. The van der Waals surface area contributed by atoms with Crippen LogP contribution in [0.3, 0.4) is 0 Å². The molecule has 0 aliphatic rings. The van der Waals surface area contributed by atoms with Gasteiger partial charge in [-0.15, -0.1) is 11.8 Å². The molecule has 1 amide bonds. The molecule has 0 heterocycles. The zero-order valence-electron chi connectivity index (χ0n) is 13.5. The van der Waals surface area contributed by atoms with Gasteiger partial charge in [-0.05, 0) is 49.1 Å². The molecule has 0 unspecified atom stereocenters. The minimum atomic E-state index is -0.594. The number of methoxy groups -OCH3 is 1. The molecule has 1 N–H and O–H groups in total. The summed E-state index contributed by atoms with van der Waals surface area (Å²) in [5, 5.41) is 2.93. The molecule has 0 saturated carbocycles. The van der Waals surface area contributed by atoms with Gasteiger partial charge in [0, 0.05) is 4.90 Å². The van der Waals surface area contributed by atoms with Crippen molar-refractivity contribution < 1.29 is 14.3 Å². The SMILES string of the molecule is CCSc1ccccc1NC(=O)[C@@H](C)Oc1ccc(OC)cc1. The molecule has 5 heteroatoms. The van der Waals surface area contributed by atoms with Crippen molar-refractivity contribution >= 4 is 23.4 Å². The monoisotopic (exact) mass is 331 g/mol. The van der Waals surface area contributed by atoms with Gasteiger partial charge in [-0.1, -0.05) is 19.1 Å².